The number of hydrogen-bond acceptors (Lipinski definition) is 2. The lowest BCUT2D eigenvalue weighted by molar-refractivity contribution is -0.118. The highest BCUT2D eigenvalue weighted by molar-refractivity contribution is 5.91. The van der Waals surface area contributed by atoms with Crippen LogP contribution in [-0.2, 0) is 4.79 Å². The fraction of sp³-hybridized carbons (Fsp3) is 0.357. The molecule has 1 fully saturated rings. The Morgan fingerprint density at radius 3 is 2.89 bits per heavy atom. The monoisotopic (exact) mass is 249 g/mol. The van der Waals surface area contributed by atoms with Crippen molar-refractivity contribution in [1.82, 2.24) is 5.32 Å². The Bertz CT molecular complexity index is 467. The molecule has 0 heterocycles. The molecule has 1 amide bonds. The Morgan fingerprint density at radius 2 is 2.28 bits per heavy atom. The normalized spacial score (nSPS) is 17.4. The van der Waals surface area contributed by atoms with Crippen LogP contribution in [-0.4, -0.2) is 23.2 Å². The fourth-order valence-electron chi connectivity index (χ4n) is 1.85. The summed E-state index contributed by atoms with van der Waals surface area (Å²) in [6, 6.07) is 6.00. The van der Waals surface area contributed by atoms with Gasteiger partial charge in [-0.25, -0.2) is 4.39 Å². The van der Waals surface area contributed by atoms with Crippen LogP contribution in [0.25, 0.3) is 6.08 Å². The van der Waals surface area contributed by atoms with Crippen molar-refractivity contribution in [2.75, 3.05) is 6.54 Å². The number of halogens is 1. The molecule has 3 nitrogen and oxygen atoms in total. The average molecular weight is 249 g/mol. The number of amides is 1. The van der Waals surface area contributed by atoms with E-state index in [1.165, 1.54) is 18.2 Å². The van der Waals surface area contributed by atoms with Gasteiger partial charge in [0.25, 0.3) is 0 Å². The quantitative estimate of drug-likeness (QED) is 0.800. The van der Waals surface area contributed by atoms with E-state index in [0.29, 0.717) is 5.56 Å². The Balaban J connectivity index is 1.83. The zero-order valence-electron chi connectivity index (χ0n) is 10.0. The Hall–Kier alpha value is -1.68. The Morgan fingerprint density at radius 1 is 1.50 bits per heavy atom. The van der Waals surface area contributed by atoms with Gasteiger partial charge in [-0.1, -0.05) is 12.1 Å². The van der Waals surface area contributed by atoms with E-state index < -0.39 is 5.60 Å². The number of hydrogen-bond donors (Lipinski definition) is 2. The highest BCUT2D eigenvalue weighted by Crippen LogP contribution is 2.30. The number of carbonyl (C=O) groups excluding carboxylic acids is 1. The Labute approximate surface area is 105 Å². The van der Waals surface area contributed by atoms with Crippen LogP contribution in [0.1, 0.15) is 24.8 Å². The van der Waals surface area contributed by atoms with E-state index >= 15 is 0 Å². The molecule has 2 rings (SSSR count). The molecule has 0 bridgehead atoms. The third kappa shape index (κ3) is 3.40. The van der Waals surface area contributed by atoms with Gasteiger partial charge in [-0.05, 0) is 43.0 Å². The van der Waals surface area contributed by atoms with Crippen molar-refractivity contribution >= 4 is 12.0 Å². The number of carbonyl (C=O) groups is 1. The topological polar surface area (TPSA) is 49.3 Å². The molecule has 0 atom stereocenters. The van der Waals surface area contributed by atoms with Crippen LogP contribution in [0.4, 0.5) is 4.39 Å². The van der Waals surface area contributed by atoms with Gasteiger partial charge in [0.2, 0.25) is 5.91 Å². The second kappa shape index (κ2) is 5.31. The van der Waals surface area contributed by atoms with Gasteiger partial charge in [0.15, 0.2) is 0 Å². The maximum Gasteiger partial charge on any atom is 0.244 e. The van der Waals surface area contributed by atoms with Gasteiger partial charge in [-0.2, -0.15) is 0 Å². The first-order valence-corrected chi connectivity index (χ1v) is 6.01. The minimum absolute atomic E-state index is 0.277. The van der Waals surface area contributed by atoms with Crippen LogP contribution in [0.5, 0.6) is 0 Å². The summed E-state index contributed by atoms with van der Waals surface area (Å²) in [4.78, 5) is 11.5. The van der Waals surface area contributed by atoms with Gasteiger partial charge in [0, 0.05) is 12.6 Å². The lowest BCUT2D eigenvalue weighted by atomic mass is 9.80. The summed E-state index contributed by atoms with van der Waals surface area (Å²) in [5.41, 5.74) is -0.0879. The molecule has 0 radical (unpaired) electrons. The molecule has 0 saturated heterocycles. The number of aliphatic hydroxyl groups is 1. The van der Waals surface area contributed by atoms with Gasteiger partial charge in [0.1, 0.15) is 5.82 Å². The number of rotatable bonds is 4. The number of nitrogens with one attached hydrogen (secondary N) is 1. The van der Waals surface area contributed by atoms with Crippen molar-refractivity contribution in [3.63, 3.8) is 0 Å². The lowest BCUT2D eigenvalue weighted by Crippen LogP contribution is -2.47. The second-order valence-corrected chi connectivity index (χ2v) is 4.68. The van der Waals surface area contributed by atoms with Crippen molar-refractivity contribution in [2.45, 2.75) is 24.9 Å². The van der Waals surface area contributed by atoms with Crippen molar-refractivity contribution in [3.05, 3.63) is 41.7 Å². The summed E-state index contributed by atoms with van der Waals surface area (Å²) in [6.07, 6.45) is 5.37. The molecule has 1 saturated carbocycles. The lowest BCUT2D eigenvalue weighted by Gasteiger charge is -2.36. The average Bonchev–Trinajstić information content (AvgIpc) is 2.31. The molecule has 1 aromatic rings. The summed E-state index contributed by atoms with van der Waals surface area (Å²) in [7, 11) is 0. The summed E-state index contributed by atoms with van der Waals surface area (Å²) < 4.78 is 12.9. The van der Waals surface area contributed by atoms with Gasteiger partial charge in [0.05, 0.1) is 5.60 Å². The summed E-state index contributed by atoms with van der Waals surface area (Å²) >= 11 is 0. The van der Waals surface area contributed by atoms with Crippen molar-refractivity contribution in [1.29, 1.82) is 0 Å². The third-order valence-electron chi connectivity index (χ3n) is 3.15. The van der Waals surface area contributed by atoms with E-state index in [9.17, 15) is 14.3 Å². The van der Waals surface area contributed by atoms with Crippen LogP contribution >= 0.6 is 0 Å². The second-order valence-electron chi connectivity index (χ2n) is 4.68. The maximum atomic E-state index is 12.9. The van der Waals surface area contributed by atoms with Crippen LogP contribution in [0.15, 0.2) is 30.3 Å². The molecular formula is C14H16FNO2. The molecule has 0 aliphatic heterocycles. The third-order valence-corrected chi connectivity index (χ3v) is 3.15. The number of benzene rings is 1. The minimum atomic E-state index is -0.720. The molecule has 0 aromatic heterocycles. The molecule has 1 aliphatic rings. The standard InChI is InChI=1S/C14H16FNO2/c15-12-4-1-3-11(9-12)5-6-13(17)16-10-14(18)7-2-8-14/h1,3-6,9,18H,2,7-8,10H2,(H,16,17). The van der Waals surface area contributed by atoms with E-state index in [1.807, 2.05) is 0 Å². The molecule has 0 unspecified atom stereocenters. The largest absolute Gasteiger partial charge is 0.388 e. The van der Waals surface area contributed by atoms with Crippen LogP contribution in [0.2, 0.25) is 0 Å². The molecule has 1 aromatic carbocycles. The van der Waals surface area contributed by atoms with Crippen molar-refractivity contribution in [2.24, 2.45) is 0 Å². The molecule has 96 valence electrons. The predicted octanol–water partition coefficient (Wildman–Crippen LogP) is 1.87. The fourth-order valence-corrected chi connectivity index (χ4v) is 1.85. The first-order chi connectivity index (χ1) is 8.57. The maximum absolute atomic E-state index is 12.9. The van der Waals surface area contributed by atoms with E-state index in [4.69, 9.17) is 0 Å². The summed E-state index contributed by atoms with van der Waals surface area (Å²) in [5, 5.41) is 12.4. The summed E-state index contributed by atoms with van der Waals surface area (Å²) in [6.45, 7) is 0.277. The molecule has 2 N–H and O–H groups in total. The first-order valence-electron chi connectivity index (χ1n) is 6.01. The van der Waals surface area contributed by atoms with E-state index in [1.54, 1.807) is 18.2 Å². The molecular weight excluding hydrogens is 233 g/mol. The van der Waals surface area contributed by atoms with E-state index in [2.05, 4.69) is 5.32 Å². The predicted molar refractivity (Wildman–Crippen MR) is 67.2 cm³/mol. The molecule has 0 spiro atoms. The van der Waals surface area contributed by atoms with E-state index in [0.717, 1.165) is 19.3 Å². The zero-order chi connectivity index (χ0) is 13.0. The SMILES string of the molecule is O=C(C=Cc1cccc(F)c1)NCC1(O)CCC1. The van der Waals surface area contributed by atoms with Gasteiger partial charge in [-0.15, -0.1) is 0 Å². The highest BCUT2D eigenvalue weighted by atomic mass is 19.1. The Kier molecular flexibility index (Phi) is 3.77. The molecule has 1 aliphatic carbocycles. The van der Waals surface area contributed by atoms with Gasteiger partial charge >= 0.3 is 0 Å². The van der Waals surface area contributed by atoms with E-state index in [-0.39, 0.29) is 18.3 Å². The highest BCUT2D eigenvalue weighted by Gasteiger charge is 2.34. The van der Waals surface area contributed by atoms with Gasteiger partial charge in [-0.3, -0.25) is 4.79 Å². The zero-order valence-corrected chi connectivity index (χ0v) is 10.0. The smallest absolute Gasteiger partial charge is 0.244 e. The van der Waals surface area contributed by atoms with Crippen LogP contribution in [0, 0.1) is 5.82 Å². The van der Waals surface area contributed by atoms with Crippen LogP contribution < -0.4 is 5.32 Å². The van der Waals surface area contributed by atoms with Gasteiger partial charge < -0.3 is 10.4 Å². The molecule has 4 heteroatoms. The van der Waals surface area contributed by atoms with Crippen molar-refractivity contribution < 1.29 is 14.3 Å². The summed E-state index contributed by atoms with van der Waals surface area (Å²) in [5.74, 6) is -0.610. The van der Waals surface area contributed by atoms with Crippen molar-refractivity contribution in [3.8, 4) is 0 Å². The molecule has 18 heavy (non-hydrogen) atoms. The van der Waals surface area contributed by atoms with Crippen LogP contribution in [0.3, 0.4) is 0 Å². The minimum Gasteiger partial charge on any atom is -0.388 e. The first kappa shape index (κ1) is 12.8.